The number of pyridine rings is 1. The van der Waals surface area contributed by atoms with Gasteiger partial charge in [0.05, 0.1) is 23.4 Å². The summed E-state index contributed by atoms with van der Waals surface area (Å²) in [5, 5.41) is 5.56. The molecule has 1 aliphatic rings. The van der Waals surface area contributed by atoms with Gasteiger partial charge >= 0.3 is 0 Å². The molecule has 2 aromatic heterocycles. The summed E-state index contributed by atoms with van der Waals surface area (Å²) in [7, 11) is 0. The van der Waals surface area contributed by atoms with Crippen molar-refractivity contribution in [3.63, 3.8) is 0 Å². The molecule has 1 aliphatic heterocycles. The zero-order valence-electron chi connectivity index (χ0n) is 17.2. The van der Waals surface area contributed by atoms with Gasteiger partial charge in [-0.1, -0.05) is 32.4 Å². The molecular formula is C23H22N4O3S. The minimum absolute atomic E-state index is 0.191. The standard InChI is InChI=1S/C23H22N4O3S/c1-3-14(2)19(27-22(29)17-8-4-5-9-18(17)23(27)30)20(28)25-12-16-13-31-21(26-16)15-7-6-10-24-11-15/h4-11,13-14,19H,3,12H2,1-2H3,(H,25,28). The number of nitrogens with one attached hydrogen (secondary N) is 1. The van der Waals surface area contributed by atoms with Crippen molar-refractivity contribution in [1.29, 1.82) is 0 Å². The summed E-state index contributed by atoms with van der Waals surface area (Å²) in [4.78, 5) is 48.7. The Balaban J connectivity index is 1.51. The summed E-state index contributed by atoms with van der Waals surface area (Å²) in [6, 6.07) is 9.56. The number of aromatic nitrogens is 2. The zero-order chi connectivity index (χ0) is 22.0. The number of rotatable bonds is 7. The monoisotopic (exact) mass is 434 g/mol. The Morgan fingerprint density at radius 3 is 2.45 bits per heavy atom. The summed E-state index contributed by atoms with van der Waals surface area (Å²) in [6.07, 6.45) is 4.09. The van der Waals surface area contributed by atoms with Gasteiger partial charge in [0.25, 0.3) is 11.8 Å². The normalized spacial score (nSPS) is 15.0. The maximum atomic E-state index is 13.1. The minimum atomic E-state index is -0.881. The molecular weight excluding hydrogens is 412 g/mol. The van der Waals surface area contributed by atoms with Gasteiger partial charge in [0.1, 0.15) is 11.0 Å². The molecule has 158 valence electrons. The highest BCUT2D eigenvalue weighted by atomic mass is 32.1. The van der Waals surface area contributed by atoms with E-state index in [2.05, 4.69) is 15.3 Å². The topological polar surface area (TPSA) is 92.3 Å². The van der Waals surface area contributed by atoms with E-state index in [4.69, 9.17) is 0 Å². The van der Waals surface area contributed by atoms with Crippen molar-refractivity contribution in [1.82, 2.24) is 20.2 Å². The lowest BCUT2D eigenvalue weighted by Crippen LogP contribution is -2.52. The first-order chi connectivity index (χ1) is 15.0. The number of amides is 3. The molecule has 1 N–H and O–H groups in total. The van der Waals surface area contributed by atoms with Gasteiger partial charge in [-0.3, -0.25) is 24.3 Å². The largest absolute Gasteiger partial charge is 0.349 e. The van der Waals surface area contributed by atoms with Crippen LogP contribution < -0.4 is 5.32 Å². The van der Waals surface area contributed by atoms with Gasteiger partial charge in [-0.25, -0.2) is 4.98 Å². The van der Waals surface area contributed by atoms with Gasteiger partial charge in [-0.2, -0.15) is 0 Å². The molecule has 1 aromatic carbocycles. The van der Waals surface area contributed by atoms with Crippen LogP contribution in [0.3, 0.4) is 0 Å². The average molecular weight is 435 g/mol. The number of carbonyl (C=O) groups excluding carboxylic acids is 3. The van der Waals surface area contributed by atoms with E-state index < -0.39 is 17.9 Å². The second-order valence-corrected chi connectivity index (χ2v) is 8.32. The molecule has 2 atom stereocenters. The van der Waals surface area contributed by atoms with E-state index in [1.54, 1.807) is 36.7 Å². The van der Waals surface area contributed by atoms with Gasteiger partial charge in [0, 0.05) is 23.3 Å². The van der Waals surface area contributed by atoms with Crippen molar-refractivity contribution in [2.75, 3.05) is 0 Å². The quantitative estimate of drug-likeness (QED) is 0.574. The predicted octanol–water partition coefficient (Wildman–Crippen LogP) is 3.53. The van der Waals surface area contributed by atoms with Crippen LogP contribution in [0.2, 0.25) is 0 Å². The Morgan fingerprint density at radius 1 is 1.13 bits per heavy atom. The van der Waals surface area contributed by atoms with E-state index in [1.807, 2.05) is 31.4 Å². The SMILES string of the molecule is CCC(C)C(C(=O)NCc1csc(-c2cccnc2)n1)N1C(=O)c2ccccc2C1=O. The lowest BCUT2D eigenvalue weighted by atomic mass is 9.96. The third-order valence-corrected chi connectivity index (χ3v) is 6.40. The highest BCUT2D eigenvalue weighted by Gasteiger charge is 2.44. The molecule has 0 saturated carbocycles. The number of hydrogen-bond donors (Lipinski definition) is 1. The zero-order valence-corrected chi connectivity index (χ0v) is 18.1. The van der Waals surface area contributed by atoms with E-state index in [1.165, 1.54) is 11.3 Å². The smallest absolute Gasteiger partial charge is 0.262 e. The molecule has 2 unspecified atom stereocenters. The maximum Gasteiger partial charge on any atom is 0.262 e. The molecule has 0 saturated heterocycles. The van der Waals surface area contributed by atoms with Crippen LogP contribution in [0.5, 0.6) is 0 Å². The van der Waals surface area contributed by atoms with Crippen molar-refractivity contribution in [3.05, 3.63) is 71.0 Å². The molecule has 3 heterocycles. The first-order valence-electron chi connectivity index (χ1n) is 10.1. The number of carbonyl (C=O) groups is 3. The van der Waals surface area contributed by atoms with E-state index in [0.717, 1.165) is 15.5 Å². The van der Waals surface area contributed by atoms with Crippen LogP contribution in [0.4, 0.5) is 0 Å². The second kappa shape index (κ2) is 8.77. The molecule has 0 fully saturated rings. The third kappa shape index (κ3) is 3.98. The van der Waals surface area contributed by atoms with Crippen LogP contribution in [0.15, 0.2) is 54.2 Å². The first-order valence-corrected chi connectivity index (χ1v) is 11.0. The first kappa shape index (κ1) is 20.9. The van der Waals surface area contributed by atoms with Crippen molar-refractivity contribution in [2.24, 2.45) is 5.92 Å². The lowest BCUT2D eigenvalue weighted by molar-refractivity contribution is -0.126. The summed E-state index contributed by atoms with van der Waals surface area (Å²) < 4.78 is 0. The van der Waals surface area contributed by atoms with Crippen LogP contribution in [0, 0.1) is 5.92 Å². The molecule has 0 radical (unpaired) electrons. The van der Waals surface area contributed by atoms with Crippen LogP contribution in [-0.2, 0) is 11.3 Å². The van der Waals surface area contributed by atoms with Crippen LogP contribution in [0.25, 0.3) is 10.6 Å². The molecule has 0 bridgehead atoms. The highest BCUT2D eigenvalue weighted by molar-refractivity contribution is 7.13. The number of hydrogen-bond acceptors (Lipinski definition) is 6. The molecule has 7 nitrogen and oxygen atoms in total. The Labute approximate surface area is 184 Å². The molecule has 8 heteroatoms. The van der Waals surface area contributed by atoms with Gasteiger partial charge in [-0.05, 0) is 30.2 Å². The van der Waals surface area contributed by atoms with Crippen molar-refractivity contribution >= 4 is 29.1 Å². The Bertz CT molecular complexity index is 1090. The number of nitrogens with zero attached hydrogens (tertiary/aromatic N) is 3. The van der Waals surface area contributed by atoms with Crippen molar-refractivity contribution in [2.45, 2.75) is 32.9 Å². The van der Waals surface area contributed by atoms with Crippen LogP contribution >= 0.6 is 11.3 Å². The molecule has 0 aliphatic carbocycles. The second-order valence-electron chi connectivity index (χ2n) is 7.46. The van der Waals surface area contributed by atoms with Crippen LogP contribution in [0.1, 0.15) is 46.7 Å². The number of imide groups is 1. The summed E-state index contributed by atoms with van der Waals surface area (Å²) in [5.74, 6) is -1.40. The fourth-order valence-electron chi connectivity index (χ4n) is 3.61. The Hall–Kier alpha value is -3.39. The number of benzene rings is 1. The molecule has 31 heavy (non-hydrogen) atoms. The van der Waals surface area contributed by atoms with Gasteiger partial charge in [0.15, 0.2) is 0 Å². The van der Waals surface area contributed by atoms with E-state index in [0.29, 0.717) is 23.2 Å². The predicted molar refractivity (Wildman–Crippen MR) is 117 cm³/mol. The molecule has 3 amide bonds. The molecule has 0 spiro atoms. The van der Waals surface area contributed by atoms with Crippen molar-refractivity contribution in [3.8, 4) is 10.6 Å². The van der Waals surface area contributed by atoms with E-state index in [9.17, 15) is 14.4 Å². The number of fused-ring (bicyclic) bond motifs is 1. The van der Waals surface area contributed by atoms with Crippen molar-refractivity contribution < 1.29 is 14.4 Å². The van der Waals surface area contributed by atoms with E-state index >= 15 is 0 Å². The minimum Gasteiger partial charge on any atom is -0.349 e. The van der Waals surface area contributed by atoms with Gasteiger partial charge in [-0.15, -0.1) is 11.3 Å². The van der Waals surface area contributed by atoms with Gasteiger partial charge in [0.2, 0.25) is 5.91 Å². The summed E-state index contributed by atoms with van der Waals surface area (Å²) in [6.45, 7) is 4.02. The van der Waals surface area contributed by atoms with Gasteiger partial charge < -0.3 is 5.32 Å². The highest BCUT2D eigenvalue weighted by Crippen LogP contribution is 2.28. The maximum absolute atomic E-state index is 13.1. The summed E-state index contributed by atoms with van der Waals surface area (Å²) >= 11 is 1.47. The Kier molecular flexibility index (Phi) is 5.90. The fraction of sp³-hybridized carbons (Fsp3) is 0.261. The molecule has 4 rings (SSSR count). The Morgan fingerprint density at radius 2 is 1.84 bits per heavy atom. The average Bonchev–Trinajstić information content (AvgIpc) is 3.38. The molecule has 3 aromatic rings. The third-order valence-electron chi connectivity index (χ3n) is 5.46. The van der Waals surface area contributed by atoms with E-state index in [-0.39, 0.29) is 18.4 Å². The fourth-order valence-corrected chi connectivity index (χ4v) is 4.42. The van der Waals surface area contributed by atoms with Crippen LogP contribution in [-0.4, -0.2) is 38.6 Å². The summed E-state index contributed by atoms with van der Waals surface area (Å²) in [5.41, 5.74) is 2.31. The lowest BCUT2D eigenvalue weighted by Gasteiger charge is -2.29. The number of thiazole rings is 1.